The van der Waals surface area contributed by atoms with E-state index in [0.29, 0.717) is 0 Å². The molecule has 1 fully saturated rings. The van der Waals surface area contributed by atoms with Crippen LogP contribution in [0.4, 0.5) is 0 Å². The molecule has 1 aliphatic carbocycles. The highest BCUT2D eigenvalue weighted by Gasteiger charge is 2.29. The van der Waals surface area contributed by atoms with Crippen LogP contribution in [0.1, 0.15) is 31.5 Å². The van der Waals surface area contributed by atoms with Gasteiger partial charge in [0.1, 0.15) is 5.82 Å². The van der Waals surface area contributed by atoms with Crippen LogP contribution in [0.25, 0.3) is 0 Å². The molecule has 84 valence electrons. The highest BCUT2D eigenvalue weighted by Crippen LogP contribution is 2.34. The summed E-state index contributed by atoms with van der Waals surface area (Å²) < 4.78 is 2.12. The van der Waals surface area contributed by atoms with Crippen molar-refractivity contribution in [2.75, 3.05) is 7.05 Å². The summed E-state index contributed by atoms with van der Waals surface area (Å²) in [5.41, 5.74) is 0. The molecule has 3 heteroatoms. The summed E-state index contributed by atoms with van der Waals surface area (Å²) in [4.78, 5) is 4.34. The lowest BCUT2D eigenvalue weighted by Crippen LogP contribution is -2.27. The number of hydrogen-bond donors (Lipinski definition) is 1. The van der Waals surface area contributed by atoms with Crippen LogP contribution in [0, 0.1) is 5.92 Å². The molecule has 0 aromatic carbocycles. The molecule has 0 saturated heterocycles. The van der Waals surface area contributed by atoms with Crippen LogP contribution in [0.5, 0.6) is 0 Å². The molecule has 1 aliphatic rings. The lowest BCUT2D eigenvalue weighted by molar-refractivity contribution is 0.453. The molecular formula is C12H21N3. The van der Waals surface area contributed by atoms with Gasteiger partial charge in [-0.15, -0.1) is 0 Å². The van der Waals surface area contributed by atoms with E-state index in [2.05, 4.69) is 29.0 Å². The van der Waals surface area contributed by atoms with Crippen molar-refractivity contribution in [3.05, 3.63) is 18.2 Å². The number of imidazole rings is 1. The summed E-state index contributed by atoms with van der Waals surface area (Å²) in [5, 5.41) is 3.43. The molecule has 0 radical (unpaired) electrons. The first kappa shape index (κ1) is 10.7. The molecule has 1 saturated carbocycles. The SMILES string of the molecule is CNC(CCCc1nccn1C)C1CC1. The zero-order valence-corrected chi connectivity index (χ0v) is 9.74. The number of aryl methyl sites for hydroxylation is 2. The molecule has 0 amide bonds. The van der Waals surface area contributed by atoms with Crippen molar-refractivity contribution in [2.24, 2.45) is 13.0 Å². The van der Waals surface area contributed by atoms with E-state index < -0.39 is 0 Å². The van der Waals surface area contributed by atoms with E-state index >= 15 is 0 Å². The molecule has 1 atom stereocenters. The largest absolute Gasteiger partial charge is 0.338 e. The molecular weight excluding hydrogens is 186 g/mol. The second kappa shape index (κ2) is 4.79. The topological polar surface area (TPSA) is 29.9 Å². The maximum absolute atomic E-state index is 4.34. The maximum atomic E-state index is 4.34. The van der Waals surface area contributed by atoms with Crippen LogP contribution in [-0.4, -0.2) is 22.6 Å². The number of hydrogen-bond acceptors (Lipinski definition) is 2. The monoisotopic (exact) mass is 207 g/mol. The van der Waals surface area contributed by atoms with Crippen LogP contribution < -0.4 is 5.32 Å². The first-order valence-electron chi connectivity index (χ1n) is 5.94. The minimum absolute atomic E-state index is 0.741. The van der Waals surface area contributed by atoms with Crippen LogP contribution in [0.3, 0.4) is 0 Å². The van der Waals surface area contributed by atoms with Gasteiger partial charge in [-0.1, -0.05) is 0 Å². The standard InChI is InChI=1S/C12H21N3/c1-13-11(10-6-7-10)4-3-5-12-14-8-9-15(12)2/h8-11,13H,3-7H2,1-2H3. The number of aromatic nitrogens is 2. The fourth-order valence-corrected chi connectivity index (χ4v) is 2.23. The number of nitrogens with one attached hydrogen (secondary N) is 1. The van der Waals surface area contributed by atoms with Gasteiger partial charge in [-0.3, -0.25) is 0 Å². The smallest absolute Gasteiger partial charge is 0.108 e. The average Bonchev–Trinajstić information content (AvgIpc) is 2.99. The van der Waals surface area contributed by atoms with Crippen LogP contribution >= 0.6 is 0 Å². The first-order valence-corrected chi connectivity index (χ1v) is 5.94. The fourth-order valence-electron chi connectivity index (χ4n) is 2.23. The molecule has 0 bridgehead atoms. The van der Waals surface area contributed by atoms with E-state index in [1.807, 2.05) is 12.4 Å². The maximum Gasteiger partial charge on any atom is 0.108 e. The lowest BCUT2D eigenvalue weighted by atomic mass is 10.1. The van der Waals surface area contributed by atoms with Crippen molar-refractivity contribution in [3.8, 4) is 0 Å². The van der Waals surface area contributed by atoms with Crippen molar-refractivity contribution in [2.45, 2.75) is 38.1 Å². The van der Waals surface area contributed by atoms with Gasteiger partial charge in [-0.2, -0.15) is 0 Å². The predicted octanol–water partition coefficient (Wildman–Crippen LogP) is 1.74. The molecule has 1 unspecified atom stereocenters. The third-order valence-corrected chi connectivity index (χ3v) is 3.40. The van der Waals surface area contributed by atoms with Gasteiger partial charge >= 0.3 is 0 Å². The van der Waals surface area contributed by atoms with E-state index in [-0.39, 0.29) is 0 Å². The van der Waals surface area contributed by atoms with Crippen molar-refractivity contribution in [3.63, 3.8) is 0 Å². The summed E-state index contributed by atoms with van der Waals surface area (Å²) in [6.45, 7) is 0. The zero-order chi connectivity index (χ0) is 10.7. The highest BCUT2D eigenvalue weighted by atomic mass is 15.0. The van der Waals surface area contributed by atoms with Gasteiger partial charge in [-0.25, -0.2) is 4.98 Å². The minimum atomic E-state index is 0.741. The third-order valence-electron chi connectivity index (χ3n) is 3.40. The summed E-state index contributed by atoms with van der Waals surface area (Å²) in [5.74, 6) is 2.16. The molecule has 1 heterocycles. The van der Waals surface area contributed by atoms with Crippen LogP contribution in [0.15, 0.2) is 12.4 Å². The van der Waals surface area contributed by atoms with E-state index in [9.17, 15) is 0 Å². The van der Waals surface area contributed by atoms with Crippen molar-refractivity contribution in [1.82, 2.24) is 14.9 Å². The average molecular weight is 207 g/mol. The fraction of sp³-hybridized carbons (Fsp3) is 0.750. The number of nitrogens with zero attached hydrogens (tertiary/aromatic N) is 2. The van der Waals surface area contributed by atoms with Gasteiger partial charge in [0.15, 0.2) is 0 Å². The summed E-state index contributed by atoms with van der Waals surface area (Å²) in [6, 6.07) is 0.741. The predicted molar refractivity (Wildman–Crippen MR) is 61.7 cm³/mol. The van der Waals surface area contributed by atoms with Crippen molar-refractivity contribution >= 4 is 0 Å². The lowest BCUT2D eigenvalue weighted by Gasteiger charge is -2.14. The Morgan fingerprint density at radius 3 is 2.93 bits per heavy atom. The second-order valence-electron chi connectivity index (χ2n) is 4.58. The first-order chi connectivity index (χ1) is 7.31. The minimum Gasteiger partial charge on any atom is -0.338 e. The highest BCUT2D eigenvalue weighted by molar-refractivity contribution is 4.92. The summed E-state index contributed by atoms with van der Waals surface area (Å²) >= 11 is 0. The Bertz CT molecular complexity index is 302. The summed E-state index contributed by atoms with van der Waals surface area (Å²) in [7, 11) is 4.16. The Balaban J connectivity index is 1.72. The van der Waals surface area contributed by atoms with Gasteiger partial charge in [0.2, 0.25) is 0 Å². The van der Waals surface area contributed by atoms with E-state index in [4.69, 9.17) is 0 Å². The van der Waals surface area contributed by atoms with E-state index in [1.165, 1.54) is 31.5 Å². The molecule has 1 aromatic heterocycles. The summed E-state index contributed by atoms with van der Waals surface area (Å²) in [6.07, 6.45) is 10.4. The van der Waals surface area contributed by atoms with Gasteiger partial charge < -0.3 is 9.88 Å². The van der Waals surface area contributed by atoms with Gasteiger partial charge in [0.05, 0.1) is 0 Å². The molecule has 15 heavy (non-hydrogen) atoms. The third kappa shape index (κ3) is 2.81. The molecule has 1 aromatic rings. The Morgan fingerprint density at radius 1 is 1.60 bits per heavy atom. The van der Waals surface area contributed by atoms with Gasteiger partial charge in [0, 0.05) is 31.9 Å². The zero-order valence-electron chi connectivity index (χ0n) is 9.74. The van der Waals surface area contributed by atoms with Gasteiger partial charge in [-0.05, 0) is 38.6 Å². The Morgan fingerprint density at radius 2 is 2.40 bits per heavy atom. The quantitative estimate of drug-likeness (QED) is 0.770. The second-order valence-corrected chi connectivity index (χ2v) is 4.58. The molecule has 2 rings (SSSR count). The van der Waals surface area contributed by atoms with Crippen LogP contribution in [-0.2, 0) is 13.5 Å². The van der Waals surface area contributed by atoms with Crippen molar-refractivity contribution < 1.29 is 0 Å². The number of rotatable bonds is 6. The van der Waals surface area contributed by atoms with E-state index in [1.54, 1.807) is 0 Å². The Labute approximate surface area is 91.9 Å². The molecule has 0 spiro atoms. The van der Waals surface area contributed by atoms with Crippen molar-refractivity contribution in [1.29, 1.82) is 0 Å². The molecule has 0 aliphatic heterocycles. The van der Waals surface area contributed by atoms with E-state index in [0.717, 1.165) is 18.4 Å². The molecule has 3 nitrogen and oxygen atoms in total. The Hall–Kier alpha value is -0.830. The van der Waals surface area contributed by atoms with Gasteiger partial charge in [0.25, 0.3) is 0 Å². The normalized spacial score (nSPS) is 18.0. The Kier molecular flexibility index (Phi) is 3.41. The molecule has 1 N–H and O–H groups in total. The van der Waals surface area contributed by atoms with Crippen LogP contribution in [0.2, 0.25) is 0 Å².